The van der Waals surface area contributed by atoms with Gasteiger partial charge in [0.05, 0.1) is 0 Å². The number of ketones is 1. The number of hydrogen-bond donors (Lipinski definition) is 0. The van der Waals surface area contributed by atoms with Gasteiger partial charge in [-0.15, -0.1) is 0 Å². The van der Waals surface area contributed by atoms with E-state index in [4.69, 9.17) is 0 Å². The number of nitrogens with zero attached hydrogens (tertiary/aromatic N) is 1. The Morgan fingerprint density at radius 2 is 1.69 bits per heavy atom. The van der Waals surface area contributed by atoms with E-state index in [-0.39, 0.29) is 11.7 Å². The van der Waals surface area contributed by atoms with E-state index in [1.165, 1.54) is 37.7 Å². The van der Waals surface area contributed by atoms with Crippen LogP contribution in [-0.2, 0) is 11.2 Å². The molecule has 0 aromatic heterocycles. The summed E-state index contributed by atoms with van der Waals surface area (Å²) < 4.78 is 0. The minimum Gasteiger partial charge on any atom is -0.312 e. The molecular formula is C26H31NO2. The molecule has 0 unspecified atom stereocenters. The van der Waals surface area contributed by atoms with Crippen molar-refractivity contribution in [2.24, 2.45) is 5.92 Å². The van der Waals surface area contributed by atoms with E-state index in [1.54, 1.807) is 0 Å². The van der Waals surface area contributed by atoms with Crippen molar-refractivity contribution in [1.82, 2.24) is 0 Å². The summed E-state index contributed by atoms with van der Waals surface area (Å²) in [5, 5.41) is 0. The predicted molar refractivity (Wildman–Crippen MR) is 118 cm³/mol. The normalized spacial score (nSPS) is 16.7. The Bertz CT molecular complexity index is 878. The maximum Gasteiger partial charge on any atom is 0.226 e. The van der Waals surface area contributed by atoms with E-state index >= 15 is 0 Å². The smallest absolute Gasteiger partial charge is 0.226 e. The molecule has 0 N–H and O–H groups in total. The molecule has 1 fully saturated rings. The summed E-state index contributed by atoms with van der Waals surface area (Å²) in [7, 11) is 0. The summed E-state index contributed by atoms with van der Waals surface area (Å²) in [6.07, 6.45) is 9.78. The first kappa shape index (κ1) is 19.9. The monoisotopic (exact) mass is 389 g/mol. The standard InChI is InChI=1S/C26H31NO2/c1-2-26(29)27-17-16-23-18-22(13-14-24(23)27)20-9-11-21(12-10-20)25(28)15-8-19-6-4-3-5-7-19/h9-14,18-19H,2-8,15-17H2,1H3. The van der Waals surface area contributed by atoms with E-state index in [2.05, 4.69) is 30.3 Å². The average molecular weight is 390 g/mol. The van der Waals surface area contributed by atoms with Gasteiger partial charge in [-0.1, -0.05) is 69.4 Å². The fraction of sp³-hybridized carbons (Fsp3) is 0.462. The number of carbonyl (C=O) groups excluding carboxylic acids is 2. The molecule has 0 atom stereocenters. The first-order valence-electron chi connectivity index (χ1n) is 11.2. The molecular weight excluding hydrogens is 358 g/mol. The summed E-state index contributed by atoms with van der Waals surface area (Å²) >= 11 is 0. The number of anilines is 1. The van der Waals surface area contributed by atoms with Crippen molar-refractivity contribution in [3.05, 3.63) is 53.6 Å². The first-order valence-corrected chi connectivity index (χ1v) is 11.2. The third kappa shape index (κ3) is 4.44. The zero-order valence-corrected chi connectivity index (χ0v) is 17.5. The van der Waals surface area contributed by atoms with Gasteiger partial charge in [0.25, 0.3) is 0 Å². The van der Waals surface area contributed by atoms with Crippen molar-refractivity contribution in [2.75, 3.05) is 11.4 Å². The van der Waals surface area contributed by atoms with Gasteiger partial charge in [0, 0.05) is 30.6 Å². The molecule has 0 bridgehead atoms. The Morgan fingerprint density at radius 1 is 0.966 bits per heavy atom. The van der Waals surface area contributed by atoms with E-state index < -0.39 is 0 Å². The average Bonchev–Trinajstić information content (AvgIpc) is 3.21. The second-order valence-electron chi connectivity index (χ2n) is 8.54. The van der Waals surface area contributed by atoms with Crippen molar-refractivity contribution in [1.29, 1.82) is 0 Å². The molecule has 1 aliphatic heterocycles. The lowest BCUT2D eigenvalue weighted by Gasteiger charge is -2.20. The lowest BCUT2D eigenvalue weighted by molar-refractivity contribution is -0.118. The summed E-state index contributed by atoms with van der Waals surface area (Å²) in [6.45, 7) is 2.69. The third-order valence-corrected chi connectivity index (χ3v) is 6.62. The summed E-state index contributed by atoms with van der Waals surface area (Å²) in [5.41, 5.74) is 5.38. The van der Waals surface area contributed by atoms with Crippen LogP contribution in [0.25, 0.3) is 11.1 Å². The van der Waals surface area contributed by atoms with Gasteiger partial charge in [-0.2, -0.15) is 0 Å². The van der Waals surface area contributed by atoms with Crippen LogP contribution in [0.2, 0.25) is 0 Å². The number of Topliss-reactive ketones (excluding diaryl/α,β-unsaturated/α-hetero) is 1. The Balaban J connectivity index is 1.41. The molecule has 2 aromatic carbocycles. The fourth-order valence-electron chi connectivity index (χ4n) is 4.84. The van der Waals surface area contributed by atoms with Gasteiger partial charge < -0.3 is 4.90 Å². The molecule has 2 aromatic rings. The van der Waals surface area contributed by atoms with Crippen LogP contribution in [0.5, 0.6) is 0 Å². The van der Waals surface area contributed by atoms with Crippen LogP contribution < -0.4 is 4.90 Å². The maximum absolute atomic E-state index is 12.6. The molecule has 29 heavy (non-hydrogen) atoms. The maximum atomic E-state index is 12.6. The zero-order valence-electron chi connectivity index (χ0n) is 17.5. The van der Waals surface area contributed by atoms with E-state index in [0.29, 0.717) is 12.8 Å². The Morgan fingerprint density at radius 3 is 2.41 bits per heavy atom. The second kappa shape index (κ2) is 8.94. The molecule has 3 nitrogen and oxygen atoms in total. The van der Waals surface area contributed by atoms with Gasteiger partial charge in [0.15, 0.2) is 5.78 Å². The Labute approximate surface area is 174 Å². The Kier molecular flexibility index (Phi) is 6.13. The minimum atomic E-state index is 0.188. The highest BCUT2D eigenvalue weighted by atomic mass is 16.2. The molecule has 0 saturated heterocycles. The van der Waals surface area contributed by atoms with E-state index in [1.807, 2.05) is 24.0 Å². The van der Waals surface area contributed by atoms with Gasteiger partial charge in [0.2, 0.25) is 5.91 Å². The van der Waals surface area contributed by atoms with Crippen molar-refractivity contribution in [3.63, 3.8) is 0 Å². The van der Waals surface area contributed by atoms with Gasteiger partial charge in [-0.05, 0) is 47.6 Å². The summed E-state index contributed by atoms with van der Waals surface area (Å²) in [5.74, 6) is 1.20. The molecule has 1 amide bonds. The molecule has 1 saturated carbocycles. The molecule has 0 spiro atoms. The molecule has 3 heteroatoms. The van der Waals surface area contributed by atoms with Crippen molar-refractivity contribution < 1.29 is 9.59 Å². The molecule has 2 aliphatic rings. The number of benzene rings is 2. The van der Waals surface area contributed by atoms with Gasteiger partial charge in [0.1, 0.15) is 0 Å². The van der Waals surface area contributed by atoms with Crippen LogP contribution in [0.3, 0.4) is 0 Å². The van der Waals surface area contributed by atoms with Crippen LogP contribution in [-0.4, -0.2) is 18.2 Å². The molecule has 152 valence electrons. The van der Waals surface area contributed by atoms with E-state index in [9.17, 15) is 9.59 Å². The number of amides is 1. The van der Waals surface area contributed by atoms with E-state index in [0.717, 1.165) is 47.7 Å². The lowest BCUT2D eigenvalue weighted by Crippen LogP contribution is -2.27. The molecule has 0 radical (unpaired) electrons. The number of fused-ring (bicyclic) bond motifs is 1. The highest BCUT2D eigenvalue weighted by Gasteiger charge is 2.23. The highest BCUT2D eigenvalue weighted by Crippen LogP contribution is 2.33. The molecule has 1 aliphatic carbocycles. The largest absolute Gasteiger partial charge is 0.312 e. The first-order chi connectivity index (χ1) is 14.2. The van der Waals surface area contributed by atoms with Gasteiger partial charge >= 0.3 is 0 Å². The predicted octanol–water partition coefficient (Wildman–Crippen LogP) is 6.20. The Hall–Kier alpha value is -2.42. The SMILES string of the molecule is CCC(=O)N1CCc2cc(-c3ccc(C(=O)CCC4CCCCC4)cc3)ccc21. The minimum absolute atomic E-state index is 0.188. The summed E-state index contributed by atoms with van der Waals surface area (Å²) in [6, 6.07) is 14.4. The lowest BCUT2D eigenvalue weighted by atomic mass is 9.85. The van der Waals surface area contributed by atoms with Gasteiger partial charge in [-0.3, -0.25) is 9.59 Å². The fourth-order valence-corrected chi connectivity index (χ4v) is 4.84. The van der Waals surface area contributed by atoms with Crippen LogP contribution in [0.4, 0.5) is 5.69 Å². The van der Waals surface area contributed by atoms with Crippen molar-refractivity contribution >= 4 is 17.4 Å². The zero-order chi connectivity index (χ0) is 20.2. The molecule has 1 heterocycles. The number of hydrogen-bond acceptors (Lipinski definition) is 2. The number of carbonyl (C=O) groups is 2. The number of rotatable bonds is 6. The second-order valence-corrected chi connectivity index (χ2v) is 8.54. The van der Waals surface area contributed by atoms with Crippen LogP contribution in [0.15, 0.2) is 42.5 Å². The van der Waals surface area contributed by atoms with Crippen LogP contribution in [0.1, 0.15) is 74.2 Å². The van der Waals surface area contributed by atoms with Crippen molar-refractivity contribution in [2.45, 2.75) is 64.7 Å². The highest BCUT2D eigenvalue weighted by molar-refractivity contribution is 5.97. The molecule has 4 rings (SSSR count). The summed E-state index contributed by atoms with van der Waals surface area (Å²) in [4.78, 5) is 26.6. The third-order valence-electron chi connectivity index (χ3n) is 6.62. The van der Waals surface area contributed by atoms with Gasteiger partial charge in [-0.25, -0.2) is 0 Å². The topological polar surface area (TPSA) is 37.4 Å². The van der Waals surface area contributed by atoms with Crippen molar-refractivity contribution in [3.8, 4) is 11.1 Å². The van der Waals surface area contributed by atoms with Crippen LogP contribution in [0, 0.1) is 5.92 Å². The quantitative estimate of drug-likeness (QED) is 0.552. The van der Waals surface area contributed by atoms with Crippen LogP contribution >= 0.6 is 0 Å².